The fourth-order valence-corrected chi connectivity index (χ4v) is 2.14. The summed E-state index contributed by atoms with van der Waals surface area (Å²) >= 11 is 0. The van der Waals surface area contributed by atoms with E-state index >= 15 is 0 Å². The molecule has 1 heterocycles. The van der Waals surface area contributed by atoms with Gasteiger partial charge in [0, 0.05) is 18.8 Å². The number of unbranched alkanes of at least 4 members (excludes halogenated alkanes) is 1. The van der Waals surface area contributed by atoms with E-state index in [1.54, 1.807) is 10.7 Å². The van der Waals surface area contributed by atoms with Crippen LogP contribution in [-0.2, 0) is 17.9 Å². The van der Waals surface area contributed by atoms with E-state index in [0.717, 1.165) is 31.5 Å². The van der Waals surface area contributed by atoms with Gasteiger partial charge in [-0.2, -0.15) is 0 Å². The molecular formula is C16H23N5O2. The summed E-state index contributed by atoms with van der Waals surface area (Å²) in [6.07, 6.45) is 3.06. The van der Waals surface area contributed by atoms with Crippen molar-refractivity contribution in [2.24, 2.45) is 0 Å². The van der Waals surface area contributed by atoms with Crippen LogP contribution in [0, 0.1) is 0 Å². The first-order chi connectivity index (χ1) is 11.3. The quantitative estimate of drug-likeness (QED) is 0.565. The lowest BCUT2D eigenvalue weighted by Gasteiger charge is -2.11. The number of nitrogens with zero attached hydrogens (tertiary/aromatic N) is 4. The number of anilines is 1. The van der Waals surface area contributed by atoms with Crippen LogP contribution in [0.5, 0.6) is 0 Å². The maximum Gasteiger partial charge on any atom is 0.340 e. The molecule has 7 nitrogen and oxygen atoms in total. The van der Waals surface area contributed by atoms with E-state index in [4.69, 9.17) is 4.74 Å². The Kier molecular flexibility index (Phi) is 6.53. The second kappa shape index (κ2) is 8.87. The van der Waals surface area contributed by atoms with E-state index in [0.29, 0.717) is 17.9 Å². The molecule has 0 aliphatic carbocycles. The summed E-state index contributed by atoms with van der Waals surface area (Å²) in [6.45, 7) is 5.76. The predicted octanol–water partition coefficient (Wildman–Crippen LogP) is 2.65. The Labute approximate surface area is 136 Å². The number of hydrogen-bond acceptors (Lipinski definition) is 6. The van der Waals surface area contributed by atoms with Crippen molar-refractivity contribution in [2.45, 2.75) is 46.3 Å². The van der Waals surface area contributed by atoms with Gasteiger partial charge in [0.1, 0.15) is 0 Å². The largest absolute Gasteiger partial charge is 0.454 e. The molecule has 0 amide bonds. The number of benzene rings is 1. The molecule has 0 atom stereocenters. The Morgan fingerprint density at radius 1 is 1.26 bits per heavy atom. The van der Waals surface area contributed by atoms with Crippen LogP contribution in [0.2, 0.25) is 0 Å². The zero-order valence-electron chi connectivity index (χ0n) is 13.7. The van der Waals surface area contributed by atoms with Gasteiger partial charge in [-0.3, -0.25) is 0 Å². The van der Waals surface area contributed by atoms with Crippen molar-refractivity contribution in [3.05, 3.63) is 35.7 Å². The van der Waals surface area contributed by atoms with Crippen molar-refractivity contribution in [1.29, 1.82) is 0 Å². The Morgan fingerprint density at radius 3 is 2.87 bits per heavy atom. The third-order valence-corrected chi connectivity index (χ3v) is 3.37. The molecule has 124 valence electrons. The molecule has 7 heteroatoms. The van der Waals surface area contributed by atoms with Crippen molar-refractivity contribution in [3.63, 3.8) is 0 Å². The Hall–Kier alpha value is -2.44. The molecular weight excluding hydrogens is 294 g/mol. The fourth-order valence-electron chi connectivity index (χ4n) is 2.14. The summed E-state index contributed by atoms with van der Waals surface area (Å²) in [6, 6.07) is 7.36. The van der Waals surface area contributed by atoms with Gasteiger partial charge >= 0.3 is 5.97 Å². The minimum Gasteiger partial charge on any atom is -0.454 e. The molecule has 0 saturated carbocycles. The number of aryl methyl sites for hydroxylation is 1. The van der Waals surface area contributed by atoms with Crippen LogP contribution in [0.25, 0.3) is 0 Å². The topological polar surface area (TPSA) is 81.9 Å². The van der Waals surface area contributed by atoms with E-state index in [9.17, 15) is 4.79 Å². The number of nitrogens with one attached hydrogen (secondary N) is 1. The smallest absolute Gasteiger partial charge is 0.340 e. The van der Waals surface area contributed by atoms with E-state index in [1.165, 1.54) is 0 Å². The zero-order valence-corrected chi connectivity index (χ0v) is 13.7. The lowest BCUT2D eigenvalue weighted by atomic mass is 10.1. The summed E-state index contributed by atoms with van der Waals surface area (Å²) < 4.78 is 7.02. The molecule has 0 radical (unpaired) electrons. The number of hydrogen-bond donors (Lipinski definition) is 1. The van der Waals surface area contributed by atoms with Gasteiger partial charge in [-0.25, -0.2) is 9.48 Å². The first-order valence-electron chi connectivity index (χ1n) is 8.01. The third kappa shape index (κ3) is 4.77. The molecule has 0 unspecified atom stereocenters. The molecule has 2 aromatic rings. The number of rotatable bonds is 9. The van der Waals surface area contributed by atoms with Crippen molar-refractivity contribution in [2.75, 3.05) is 11.9 Å². The highest BCUT2D eigenvalue weighted by molar-refractivity contribution is 5.95. The minimum absolute atomic E-state index is 0.0646. The fraction of sp³-hybridized carbons (Fsp3) is 0.500. The van der Waals surface area contributed by atoms with Crippen LogP contribution in [0.1, 0.15) is 49.3 Å². The summed E-state index contributed by atoms with van der Waals surface area (Å²) in [7, 11) is 0. The number of carbonyl (C=O) groups excluding carboxylic acids is 1. The first-order valence-corrected chi connectivity index (χ1v) is 8.01. The average Bonchev–Trinajstić information content (AvgIpc) is 3.01. The molecule has 0 saturated heterocycles. The van der Waals surface area contributed by atoms with Crippen LogP contribution >= 0.6 is 0 Å². The number of esters is 1. The molecule has 2 rings (SSSR count). The second-order valence-electron chi connectivity index (χ2n) is 5.22. The van der Waals surface area contributed by atoms with Gasteiger partial charge in [0.05, 0.1) is 5.56 Å². The molecule has 23 heavy (non-hydrogen) atoms. The van der Waals surface area contributed by atoms with Crippen molar-refractivity contribution < 1.29 is 9.53 Å². The SMILES string of the molecule is CCCCNc1ccccc1C(=O)OCc1nnnn1CCC. The standard InChI is InChI=1S/C16H23N5O2/c1-3-5-10-17-14-9-7-6-8-13(14)16(22)23-12-15-18-19-20-21(15)11-4-2/h6-9,17H,3-5,10-12H2,1-2H3. The molecule has 0 aliphatic rings. The van der Waals surface area contributed by atoms with E-state index in [2.05, 4.69) is 27.8 Å². The lowest BCUT2D eigenvalue weighted by molar-refractivity contribution is 0.0457. The minimum atomic E-state index is -0.379. The molecule has 0 bridgehead atoms. The average molecular weight is 317 g/mol. The monoisotopic (exact) mass is 317 g/mol. The molecule has 1 aromatic carbocycles. The molecule has 0 spiro atoms. The number of para-hydroxylation sites is 1. The van der Waals surface area contributed by atoms with Crippen LogP contribution in [0.15, 0.2) is 24.3 Å². The Bertz CT molecular complexity index is 626. The van der Waals surface area contributed by atoms with Gasteiger partial charge in [-0.1, -0.05) is 32.4 Å². The number of carbonyl (C=O) groups is 1. The summed E-state index contributed by atoms with van der Waals surface area (Å²) in [5.41, 5.74) is 1.32. The highest BCUT2D eigenvalue weighted by Crippen LogP contribution is 2.17. The van der Waals surface area contributed by atoms with E-state index < -0.39 is 0 Å². The van der Waals surface area contributed by atoms with Gasteiger partial charge in [0.15, 0.2) is 12.4 Å². The van der Waals surface area contributed by atoms with Crippen molar-refractivity contribution >= 4 is 11.7 Å². The van der Waals surface area contributed by atoms with Crippen LogP contribution < -0.4 is 5.32 Å². The highest BCUT2D eigenvalue weighted by Gasteiger charge is 2.14. The summed E-state index contributed by atoms with van der Waals surface area (Å²) in [5.74, 6) is 0.173. The van der Waals surface area contributed by atoms with E-state index in [1.807, 2.05) is 25.1 Å². The van der Waals surface area contributed by atoms with Crippen LogP contribution in [0.4, 0.5) is 5.69 Å². The summed E-state index contributed by atoms with van der Waals surface area (Å²) in [4.78, 5) is 12.3. The number of aromatic nitrogens is 4. The van der Waals surface area contributed by atoms with Crippen molar-refractivity contribution in [1.82, 2.24) is 20.2 Å². The van der Waals surface area contributed by atoms with Crippen LogP contribution in [0.3, 0.4) is 0 Å². The molecule has 0 aliphatic heterocycles. The van der Waals surface area contributed by atoms with E-state index in [-0.39, 0.29) is 12.6 Å². The Morgan fingerprint density at radius 2 is 2.09 bits per heavy atom. The number of ether oxygens (including phenoxy) is 1. The van der Waals surface area contributed by atoms with Gasteiger partial charge in [-0.15, -0.1) is 5.10 Å². The van der Waals surface area contributed by atoms with Crippen molar-refractivity contribution in [3.8, 4) is 0 Å². The zero-order chi connectivity index (χ0) is 16.5. The highest BCUT2D eigenvalue weighted by atomic mass is 16.5. The number of tetrazole rings is 1. The van der Waals surface area contributed by atoms with Gasteiger partial charge in [0.2, 0.25) is 0 Å². The Balaban J connectivity index is 1.99. The second-order valence-corrected chi connectivity index (χ2v) is 5.22. The predicted molar refractivity (Wildman–Crippen MR) is 87.1 cm³/mol. The molecule has 1 aromatic heterocycles. The van der Waals surface area contributed by atoms with Gasteiger partial charge in [-0.05, 0) is 35.4 Å². The molecule has 1 N–H and O–H groups in total. The third-order valence-electron chi connectivity index (χ3n) is 3.37. The maximum atomic E-state index is 12.3. The van der Waals surface area contributed by atoms with Gasteiger partial charge < -0.3 is 10.1 Å². The molecule has 0 fully saturated rings. The lowest BCUT2D eigenvalue weighted by Crippen LogP contribution is -2.13. The maximum absolute atomic E-state index is 12.3. The summed E-state index contributed by atoms with van der Waals surface area (Å²) in [5, 5.41) is 14.7. The van der Waals surface area contributed by atoms with Gasteiger partial charge in [0.25, 0.3) is 0 Å². The normalized spacial score (nSPS) is 10.5. The first kappa shape index (κ1) is 16.9. The van der Waals surface area contributed by atoms with Crippen LogP contribution in [-0.4, -0.2) is 32.7 Å².